The van der Waals surface area contributed by atoms with Crippen LogP contribution in [0.25, 0.3) is 0 Å². The molecule has 2 aromatic rings. The van der Waals surface area contributed by atoms with E-state index >= 15 is 0 Å². The van der Waals surface area contributed by atoms with Gasteiger partial charge in [-0.15, -0.1) is 0 Å². The number of pyridine rings is 1. The number of anilines is 1. The lowest BCUT2D eigenvalue weighted by atomic mass is 9.99. The summed E-state index contributed by atoms with van der Waals surface area (Å²) in [6, 6.07) is 5.38. The highest BCUT2D eigenvalue weighted by Crippen LogP contribution is 2.24. The molecular weight excluding hydrogens is 354 g/mol. The first kappa shape index (κ1) is 18.5. The van der Waals surface area contributed by atoms with Crippen LogP contribution < -0.4 is 5.32 Å². The van der Waals surface area contributed by atoms with Crippen LogP contribution in [0.4, 0.5) is 5.82 Å². The van der Waals surface area contributed by atoms with Gasteiger partial charge in [0.2, 0.25) is 5.91 Å². The van der Waals surface area contributed by atoms with Gasteiger partial charge in [0.05, 0.1) is 12.2 Å². The number of aromatic nitrogens is 3. The highest BCUT2D eigenvalue weighted by atomic mass is 32.2. The van der Waals surface area contributed by atoms with Crippen molar-refractivity contribution in [1.82, 2.24) is 18.8 Å². The van der Waals surface area contributed by atoms with Gasteiger partial charge in [-0.25, -0.2) is 18.4 Å². The van der Waals surface area contributed by atoms with Crippen LogP contribution in [0.3, 0.4) is 0 Å². The Kier molecular flexibility index (Phi) is 5.38. The minimum Gasteiger partial charge on any atom is -0.334 e. The molecule has 1 atom stereocenters. The van der Waals surface area contributed by atoms with Crippen LogP contribution in [-0.2, 0) is 14.8 Å². The normalized spacial score (nSPS) is 18.8. The SMILES string of the molecule is CC(C)n1cnc(S(=O)(=O)N2CCC[C@@H](C(=O)Nc3ccccn3)C2)c1. The summed E-state index contributed by atoms with van der Waals surface area (Å²) in [7, 11) is -3.71. The van der Waals surface area contributed by atoms with Crippen molar-refractivity contribution in [2.75, 3.05) is 18.4 Å². The fourth-order valence-corrected chi connectivity index (χ4v) is 4.35. The smallest absolute Gasteiger partial charge is 0.262 e. The second-order valence-electron chi connectivity index (χ2n) is 6.66. The Morgan fingerprint density at radius 3 is 2.77 bits per heavy atom. The summed E-state index contributed by atoms with van der Waals surface area (Å²) in [6.45, 7) is 4.45. The highest BCUT2D eigenvalue weighted by Gasteiger charge is 2.34. The molecule has 3 rings (SSSR count). The highest BCUT2D eigenvalue weighted by molar-refractivity contribution is 7.89. The fraction of sp³-hybridized carbons (Fsp3) is 0.471. The number of sulfonamides is 1. The van der Waals surface area contributed by atoms with Gasteiger partial charge in [0.1, 0.15) is 5.82 Å². The van der Waals surface area contributed by atoms with E-state index in [2.05, 4.69) is 15.3 Å². The Hall–Kier alpha value is -2.26. The Morgan fingerprint density at radius 1 is 1.31 bits per heavy atom. The standard InChI is InChI=1S/C17H23N5O3S/c1-13(2)21-11-16(19-12-21)26(24,25)22-9-5-6-14(10-22)17(23)20-15-7-3-4-8-18-15/h3-4,7-8,11-14H,5-6,9-10H2,1-2H3,(H,18,20,23)/t14-/m1/s1. The molecule has 0 saturated carbocycles. The van der Waals surface area contributed by atoms with Gasteiger partial charge in [-0.3, -0.25) is 4.79 Å². The van der Waals surface area contributed by atoms with Crippen LogP contribution in [-0.4, -0.2) is 46.3 Å². The average molecular weight is 377 g/mol. The van der Waals surface area contributed by atoms with Gasteiger partial charge in [0, 0.05) is 31.5 Å². The molecule has 1 amide bonds. The summed E-state index contributed by atoms with van der Waals surface area (Å²) in [5.41, 5.74) is 0. The second kappa shape index (κ2) is 7.55. The zero-order valence-corrected chi connectivity index (χ0v) is 15.7. The zero-order chi connectivity index (χ0) is 18.7. The van der Waals surface area contributed by atoms with Crippen molar-refractivity contribution < 1.29 is 13.2 Å². The number of carbonyl (C=O) groups excluding carboxylic acids is 1. The predicted molar refractivity (Wildman–Crippen MR) is 97.0 cm³/mol. The summed E-state index contributed by atoms with van der Waals surface area (Å²) >= 11 is 0. The largest absolute Gasteiger partial charge is 0.334 e. The Labute approximate surface area is 153 Å². The van der Waals surface area contributed by atoms with E-state index in [1.165, 1.54) is 16.8 Å². The molecule has 140 valence electrons. The molecule has 3 heterocycles. The second-order valence-corrected chi connectivity index (χ2v) is 8.54. The molecule has 9 heteroatoms. The lowest BCUT2D eigenvalue weighted by molar-refractivity contribution is -0.120. The first-order chi connectivity index (χ1) is 12.4. The Balaban J connectivity index is 1.71. The molecule has 8 nitrogen and oxygen atoms in total. The van der Waals surface area contributed by atoms with Gasteiger partial charge in [-0.1, -0.05) is 6.07 Å². The Morgan fingerprint density at radius 2 is 2.12 bits per heavy atom. The van der Waals surface area contributed by atoms with Gasteiger partial charge in [0.15, 0.2) is 5.03 Å². The van der Waals surface area contributed by atoms with Gasteiger partial charge < -0.3 is 9.88 Å². The number of piperidine rings is 1. The molecule has 0 radical (unpaired) electrons. The van der Waals surface area contributed by atoms with Crippen molar-refractivity contribution in [2.45, 2.75) is 37.8 Å². The number of hydrogen-bond acceptors (Lipinski definition) is 5. The molecule has 0 spiro atoms. The van der Waals surface area contributed by atoms with Crippen LogP contribution in [0, 0.1) is 5.92 Å². The number of carbonyl (C=O) groups is 1. The molecule has 0 aromatic carbocycles. The van der Waals surface area contributed by atoms with E-state index in [9.17, 15) is 13.2 Å². The predicted octanol–water partition coefficient (Wildman–Crippen LogP) is 1.90. The van der Waals surface area contributed by atoms with E-state index in [0.29, 0.717) is 25.2 Å². The molecule has 1 saturated heterocycles. The van der Waals surface area contributed by atoms with Crippen LogP contribution in [0.5, 0.6) is 0 Å². The number of nitrogens with one attached hydrogen (secondary N) is 1. The van der Waals surface area contributed by atoms with Crippen molar-refractivity contribution in [2.24, 2.45) is 5.92 Å². The summed E-state index contributed by atoms with van der Waals surface area (Å²) in [6.07, 6.45) is 5.93. The number of nitrogens with zero attached hydrogens (tertiary/aromatic N) is 4. The maximum Gasteiger partial charge on any atom is 0.262 e. The summed E-state index contributed by atoms with van der Waals surface area (Å²) < 4.78 is 28.8. The quantitative estimate of drug-likeness (QED) is 0.858. The molecule has 0 bridgehead atoms. The van der Waals surface area contributed by atoms with Crippen molar-refractivity contribution in [3.8, 4) is 0 Å². The molecule has 1 aliphatic heterocycles. The van der Waals surface area contributed by atoms with Crippen molar-refractivity contribution >= 4 is 21.7 Å². The van der Waals surface area contributed by atoms with Gasteiger partial charge in [-0.2, -0.15) is 4.31 Å². The minimum atomic E-state index is -3.71. The number of hydrogen-bond donors (Lipinski definition) is 1. The summed E-state index contributed by atoms with van der Waals surface area (Å²) in [5.74, 6) is -0.155. The van der Waals surface area contributed by atoms with E-state index in [-0.39, 0.29) is 23.5 Å². The molecule has 1 N–H and O–H groups in total. The molecule has 26 heavy (non-hydrogen) atoms. The van der Waals surface area contributed by atoms with Crippen LogP contribution in [0.1, 0.15) is 32.7 Å². The van der Waals surface area contributed by atoms with Crippen molar-refractivity contribution in [1.29, 1.82) is 0 Å². The minimum absolute atomic E-state index is 0.0250. The van der Waals surface area contributed by atoms with Crippen LogP contribution in [0.15, 0.2) is 41.9 Å². The van der Waals surface area contributed by atoms with Crippen molar-refractivity contribution in [3.63, 3.8) is 0 Å². The zero-order valence-electron chi connectivity index (χ0n) is 14.9. The first-order valence-corrected chi connectivity index (χ1v) is 10.1. The Bertz CT molecular complexity index is 864. The third-order valence-corrected chi connectivity index (χ3v) is 6.20. The number of amides is 1. The number of imidazole rings is 1. The molecule has 2 aromatic heterocycles. The summed E-state index contributed by atoms with van der Waals surface area (Å²) in [4.78, 5) is 20.6. The number of rotatable bonds is 5. The van der Waals surface area contributed by atoms with Gasteiger partial charge in [0.25, 0.3) is 10.0 Å². The van der Waals surface area contributed by atoms with Gasteiger partial charge >= 0.3 is 0 Å². The lowest BCUT2D eigenvalue weighted by Gasteiger charge is -2.30. The van der Waals surface area contributed by atoms with E-state index in [4.69, 9.17) is 0 Å². The first-order valence-electron chi connectivity index (χ1n) is 8.63. The molecule has 0 aliphatic carbocycles. The average Bonchev–Trinajstić information content (AvgIpc) is 3.14. The maximum atomic E-state index is 12.9. The maximum absolute atomic E-state index is 12.9. The van der Waals surface area contributed by atoms with Gasteiger partial charge in [-0.05, 0) is 38.8 Å². The van der Waals surface area contributed by atoms with E-state index in [1.807, 2.05) is 13.8 Å². The van der Waals surface area contributed by atoms with E-state index in [0.717, 1.165) is 0 Å². The monoisotopic (exact) mass is 377 g/mol. The van der Waals surface area contributed by atoms with Crippen molar-refractivity contribution in [3.05, 3.63) is 36.9 Å². The fourth-order valence-electron chi connectivity index (χ4n) is 2.91. The molecule has 1 fully saturated rings. The molecule has 1 aliphatic rings. The van der Waals surface area contributed by atoms with E-state index in [1.54, 1.807) is 29.0 Å². The van der Waals surface area contributed by atoms with Crippen LogP contribution >= 0.6 is 0 Å². The van der Waals surface area contributed by atoms with Crippen LogP contribution in [0.2, 0.25) is 0 Å². The molecule has 0 unspecified atom stereocenters. The lowest BCUT2D eigenvalue weighted by Crippen LogP contribution is -2.43. The summed E-state index contributed by atoms with van der Waals surface area (Å²) in [5, 5.41) is 2.78. The topological polar surface area (TPSA) is 97.2 Å². The third-order valence-electron chi connectivity index (χ3n) is 4.45. The van der Waals surface area contributed by atoms with E-state index < -0.39 is 15.9 Å². The molecular formula is C17H23N5O3S. The third kappa shape index (κ3) is 3.94.